The number of amides is 2. The normalized spacial score (nSPS) is 11.8. The molecule has 1 aromatic carbocycles. The molecular weight excluding hydrogens is 254 g/mol. The second-order valence-electron chi connectivity index (χ2n) is 4.65. The van der Waals surface area contributed by atoms with Crippen LogP contribution in [0.5, 0.6) is 0 Å². The van der Waals surface area contributed by atoms with Crippen molar-refractivity contribution in [3.05, 3.63) is 30.3 Å². The van der Waals surface area contributed by atoms with Gasteiger partial charge in [0.25, 0.3) is 0 Å². The van der Waals surface area contributed by atoms with Crippen LogP contribution in [-0.4, -0.2) is 42.9 Å². The van der Waals surface area contributed by atoms with Crippen LogP contribution in [0, 0.1) is 0 Å². The highest BCUT2D eigenvalue weighted by Gasteiger charge is 2.24. The standard InChI is InChI=1S/C15H23N3O2/c1-4-10-18(14(19)11-16-3)12(2)15(20)17-13-8-6-5-7-9-13/h5-9,12,16H,4,10-11H2,1-3H3,(H,17,20). The van der Waals surface area contributed by atoms with Crippen LogP contribution in [0.3, 0.4) is 0 Å². The van der Waals surface area contributed by atoms with E-state index in [2.05, 4.69) is 10.6 Å². The Morgan fingerprint density at radius 1 is 1.25 bits per heavy atom. The van der Waals surface area contributed by atoms with E-state index in [0.29, 0.717) is 6.54 Å². The van der Waals surface area contributed by atoms with Gasteiger partial charge in [-0.15, -0.1) is 0 Å². The third-order valence-corrected chi connectivity index (χ3v) is 3.00. The molecule has 0 heterocycles. The molecule has 110 valence electrons. The fourth-order valence-electron chi connectivity index (χ4n) is 1.94. The summed E-state index contributed by atoms with van der Waals surface area (Å²) < 4.78 is 0. The van der Waals surface area contributed by atoms with Crippen molar-refractivity contribution in [1.82, 2.24) is 10.2 Å². The molecule has 0 fully saturated rings. The third-order valence-electron chi connectivity index (χ3n) is 3.00. The summed E-state index contributed by atoms with van der Waals surface area (Å²) >= 11 is 0. The first-order valence-electron chi connectivity index (χ1n) is 6.90. The number of carbonyl (C=O) groups excluding carboxylic acids is 2. The Balaban J connectivity index is 2.70. The van der Waals surface area contributed by atoms with E-state index in [4.69, 9.17) is 0 Å². The van der Waals surface area contributed by atoms with Gasteiger partial charge in [0.2, 0.25) is 11.8 Å². The van der Waals surface area contributed by atoms with Crippen LogP contribution in [-0.2, 0) is 9.59 Å². The van der Waals surface area contributed by atoms with Gasteiger partial charge < -0.3 is 15.5 Å². The lowest BCUT2D eigenvalue weighted by Gasteiger charge is -2.28. The molecular formula is C15H23N3O2. The predicted molar refractivity (Wildman–Crippen MR) is 80.5 cm³/mol. The topological polar surface area (TPSA) is 61.4 Å². The highest BCUT2D eigenvalue weighted by Crippen LogP contribution is 2.09. The molecule has 20 heavy (non-hydrogen) atoms. The smallest absolute Gasteiger partial charge is 0.246 e. The highest BCUT2D eigenvalue weighted by atomic mass is 16.2. The maximum absolute atomic E-state index is 12.2. The van der Waals surface area contributed by atoms with Crippen molar-refractivity contribution in [1.29, 1.82) is 0 Å². The van der Waals surface area contributed by atoms with E-state index in [1.165, 1.54) is 0 Å². The Morgan fingerprint density at radius 3 is 2.45 bits per heavy atom. The maximum Gasteiger partial charge on any atom is 0.246 e. The van der Waals surface area contributed by atoms with Gasteiger partial charge in [0, 0.05) is 12.2 Å². The van der Waals surface area contributed by atoms with E-state index >= 15 is 0 Å². The SMILES string of the molecule is CCCN(C(=O)CNC)C(C)C(=O)Nc1ccccc1. The number of hydrogen-bond acceptors (Lipinski definition) is 3. The minimum atomic E-state index is -0.490. The van der Waals surface area contributed by atoms with E-state index in [9.17, 15) is 9.59 Å². The summed E-state index contributed by atoms with van der Waals surface area (Å²) in [4.78, 5) is 25.8. The molecule has 0 aliphatic heterocycles. The lowest BCUT2D eigenvalue weighted by atomic mass is 10.2. The molecule has 0 bridgehead atoms. The maximum atomic E-state index is 12.2. The molecule has 2 N–H and O–H groups in total. The summed E-state index contributed by atoms with van der Waals surface area (Å²) in [6.45, 7) is 4.55. The fourth-order valence-corrected chi connectivity index (χ4v) is 1.94. The first-order chi connectivity index (χ1) is 9.60. The molecule has 0 aliphatic rings. The number of anilines is 1. The zero-order chi connectivity index (χ0) is 15.0. The van der Waals surface area contributed by atoms with Gasteiger partial charge in [0.1, 0.15) is 6.04 Å². The van der Waals surface area contributed by atoms with E-state index in [-0.39, 0.29) is 18.4 Å². The van der Waals surface area contributed by atoms with Crippen molar-refractivity contribution in [2.75, 3.05) is 25.5 Å². The molecule has 0 saturated carbocycles. The largest absolute Gasteiger partial charge is 0.330 e. The summed E-state index contributed by atoms with van der Waals surface area (Å²) in [7, 11) is 1.72. The fraction of sp³-hybridized carbons (Fsp3) is 0.467. The van der Waals surface area contributed by atoms with Gasteiger partial charge in [-0.3, -0.25) is 9.59 Å². The van der Waals surface area contributed by atoms with Gasteiger partial charge in [-0.25, -0.2) is 0 Å². The van der Waals surface area contributed by atoms with E-state index < -0.39 is 6.04 Å². The summed E-state index contributed by atoms with van der Waals surface area (Å²) in [6, 6.07) is 8.76. The van der Waals surface area contributed by atoms with Gasteiger partial charge in [-0.1, -0.05) is 25.1 Å². The summed E-state index contributed by atoms with van der Waals surface area (Å²) in [6.07, 6.45) is 0.818. The van der Waals surface area contributed by atoms with Gasteiger partial charge in [0.15, 0.2) is 0 Å². The number of carbonyl (C=O) groups is 2. The quantitative estimate of drug-likeness (QED) is 0.793. The monoisotopic (exact) mass is 277 g/mol. The first-order valence-corrected chi connectivity index (χ1v) is 6.90. The zero-order valence-electron chi connectivity index (χ0n) is 12.3. The van der Waals surface area contributed by atoms with Gasteiger partial charge >= 0.3 is 0 Å². The Bertz CT molecular complexity index is 434. The molecule has 1 aromatic rings. The molecule has 5 nitrogen and oxygen atoms in total. The minimum Gasteiger partial charge on any atom is -0.330 e. The molecule has 2 amide bonds. The van der Waals surface area contributed by atoms with Gasteiger partial charge in [-0.05, 0) is 32.5 Å². The minimum absolute atomic E-state index is 0.0648. The zero-order valence-corrected chi connectivity index (χ0v) is 12.3. The number of hydrogen-bond donors (Lipinski definition) is 2. The molecule has 1 atom stereocenters. The Morgan fingerprint density at radius 2 is 1.90 bits per heavy atom. The number of benzene rings is 1. The Kier molecular flexibility index (Phi) is 6.73. The van der Waals surface area contributed by atoms with Crippen molar-refractivity contribution in [2.24, 2.45) is 0 Å². The van der Waals surface area contributed by atoms with Crippen LogP contribution in [0.15, 0.2) is 30.3 Å². The molecule has 0 spiro atoms. The van der Waals surface area contributed by atoms with Crippen LogP contribution in [0.2, 0.25) is 0 Å². The van der Waals surface area contributed by atoms with E-state index in [1.807, 2.05) is 37.3 Å². The first kappa shape index (κ1) is 16.2. The van der Waals surface area contributed by atoms with Crippen LogP contribution >= 0.6 is 0 Å². The molecule has 5 heteroatoms. The second-order valence-corrected chi connectivity index (χ2v) is 4.65. The Hall–Kier alpha value is -1.88. The van der Waals surface area contributed by atoms with Crippen molar-refractivity contribution in [3.63, 3.8) is 0 Å². The summed E-state index contributed by atoms with van der Waals surface area (Å²) in [5, 5.41) is 5.65. The lowest BCUT2D eigenvalue weighted by Crippen LogP contribution is -2.48. The van der Waals surface area contributed by atoms with Crippen molar-refractivity contribution >= 4 is 17.5 Å². The van der Waals surface area contributed by atoms with Gasteiger partial charge in [0.05, 0.1) is 6.54 Å². The highest BCUT2D eigenvalue weighted by molar-refractivity contribution is 5.97. The molecule has 1 rings (SSSR count). The van der Waals surface area contributed by atoms with Crippen LogP contribution in [0.1, 0.15) is 20.3 Å². The van der Waals surface area contributed by atoms with Crippen LogP contribution < -0.4 is 10.6 Å². The summed E-state index contributed by atoms with van der Waals surface area (Å²) in [5.41, 5.74) is 0.738. The lowest BCUT2D eigenvalue weighted by molar-refractivity contribution is -0.137. The average molecular weight is 277 g/mol. The number of nitrogens with zero attached hydrogens (tertiary/aromatic N) is 1. The Labute approximate surface area is 120 Å². The van der Waals surface area contributed by atoms with Crippen LogP contribution in [0.25, 0.3) is 0 Å². The summed E-state index contributed by atoms with van der Waals surface area (Å²) in [5.74, 6) is -0.237. The average Bonchev–Trinajstić information content (AvgIpc) is 2.45. The predicted octanol–water partition coefficient (Wildman–Crippen LogP) is 1.47. The number of rotatable bonds is 7. The van der Waals surface area contributed by atoms with Crippen molar-refractivity contribution in [2.45, 2.75) is 26.3 Å². The number of para-hydroxylation sites is 1. The molecule has 0 saturated heterocycles. The molecule has 0 radical (unpaired) electrons. The number of nitrogens with one attached hydrogen (secondary N) is 2. The molecule has 0 aliphatic carbocycles. The molecule has 0 aromatic heterocycles. The van der Waals surface area contributed by atoms with Gasteiger partial charge in [-0.2, -0.15) is 0 Å². The third kappa shape index (κ3) is 4.66. The second kappa shape index (κ2) is 8.32. The van der Waals surface area contributed by atoms with E-state index in [0.717, 1.165) is 12.1 Å². The van der Waals surface area contributed by atoms with E-state index in [1.54, 1.807) is 18.9 Å². The molecule has 1 unspecified atom stereocenters. The van der Waals surface area contributed by atoms with Crippen molar-refractivity contribution in [3.8, 4) is 0 Å². The van der Waals surface area contributed by atoms with Crippen LogP contribution in [0.4, 0.5) is 5.69 Å². The van der Waals surface area contributed by atoms with Crippen molar-refractivity contribution < 1.29 is 9.59 Å². The number of likely N-dealkylation sites (N-methyl/N-ethyl adjacent to an activating group) is 1.